The molecule has 0 aliphatic heterocycles. The second kappa shape index (κ2) is 12.0. The van der Waals surface area contributed by atoms with Crippen LogP contribution < -0.4 is 0 Å². The molecule has 0 aliphatic carbocycles. The maximum absolute atomic E-state index is 14.2. The number of thiazole rings is 1. The molecule has 8 heteroatoms. The highest BCUT2D eigenvalue weighted by Gasteiger charge is 2.34. The second-order valence-electron chi connectivity index (χ2n) is 10.8. The number of nitrogens with zero attached hydrogens (tertiary/aromatic N) is 3. The molecule has 35 heavy (non-hydrogen) atoms. The first-order valence-corrected chi connectivity index (χ1v) is 14.9. The van der Waals surface area contributed by atoms with Crippen LogP contribution in [0.3, 0.4) is 0 Å². The number of aryl methyl sites for hydroxylation is 1. The minimum atomic E-state index is -3.78. The Labute approximate surface area is 215 Å². The molecule has 0 aliphatic rings. The van der Waals surface area contributed by atoms with Gasteiger partial charge in [-0.25, -0.2) is 13.4 Å². The molecule has 0 spiro atoms. The Morgan fingerprint density at radius 3 is 2.23 bits per heavy atom. The molecule has 1 aromatic carbocycles. The number of furan rings is 1. The van der Waals surface area contributed by atoms with Crippen molar-refractivity contribution in [3.8, 4) is 0 Å². The van der Waals surface area contributed by atoms with Crippen molar-refractivity contribution >= 4 is 32.3 Å². The van der Waals surface area contributed by atoms with E-state index in [1.807, 2.05) is 12.3 Å². The van der Waals surface area contributed by atoms with Gasteiger partial charge in [0.1, 0.15) is 5.58 Å². The van der Waals surface area contributed by atoms with E-state index in [2.05, 4.69) is 51.4 Å². The maximum Gasteiger partial charge on any atom is 0.243 e. The molecule has 6 nitrogen and oxygen atoms in total. The molecule has 0 N–H and O–H groups in total. The summed E-state index contributed by atoms with van der Waals surface area (Å²) in [6, 6.07) is 6.77. The molecule has 0 saturated heterocycles. The fourth-order valence-corrected chi connectivity index (χ4v) is 6.91. The van der Waals surface area contributed by atoms with Gasteiger partial charge in [-0.1, -0.05) is 41.5 Å². The van der Waals surface area contributed by atoms with Crippen LogP contribution in [0.25, 0.3) is 11.0 Å². The first kappa shape index (κ1) is 27.8. The predicted octanol–water partition coefficient (Wildman–Crippen LogP) is 6.42. The average molecular weight is 520 g/mol. The number of rotatable bonds is 13. The third-order valence-corrected chi connectivity index (χ3v) is 8.60. The highest BCUT2D eigenvalue weighted by atomic mass is 32.2. The summed E-state index contributed by atoms with van der Waals surface area (Å²) in [4.78, 5) is 7.36. The fourth-order valence-electron chi connectivity index (χ4n) is 4.67. The lowest BCUT2D eigenvalue weighted by atomic mass is 10.0. The minimum Gasteiger partial charge on any atom is -0.464 e. The third kappa shape index (κ3) is 7.62. The maximum atomic E-state index is 14.2. The number of sulfonamides is 1. The number of hydrogen-bond donors (Lipinski definition) is 0. The standard InChI is InChI=1S/C27H41N3O3S2/c1-19(2)12-25(17-29(14-20(3)4)15-21(5)6)30(16-24-18-34-22(7)28-24)35(31,32)26-8-9-27-23(13-26)10-11-33-27/h8-11,13,18-21,25H,12,14-17H2,1-7H3/t25-/m0/s1. The van der Waals surface area contributed by atoms with Crippen LogP contribution in [0.1, 0.15) is 58.7 Å². The van der Waals surface area contributed by atoms with Crippen molar-refractivity contribution in [3.63, 3.8) is 0 Å². The van der Waals surface area contributed by atoms with Gasteiger partial charge in [-0.3, -0.25) is 0 Å². The molecule has 0 radical (unpaired) electrons. The quantitative estimate of drug-likeness (QED) is 0.261. The number of aromatic nitrogens is 1. The number of hydrogen-bond acceptors (Lipinski definition) is 6. The van der Waals surface area contributed by atoms with E-state index in [0.717, 1.165) is 35.6 Å². The Kier molecular flexibility index (Phi) is 9.54. The van der Waals surface area contributed by atoms with Gasteiger partial charge in [0.2, 0.25) is 10.0 Å². The van der Waals surface area contributed by atoms with Crippen LogP contribution in [0.4, 0.5) is 0 Å². The molecule has 3 aromatic rings. The molecular formula is C27H41N3O3S2. The normalized spacial score (nSPS) is 13.8. The number of fused-ring (bicyclic) bond motifs is 1. The fraction of sp³-hybridized carbons (Fsp3) is 0.593. The third-order valence-electron chi connectivity index (χ3n) is 5.88. The summed E-state index contributed by atoms with van der Waals surface area (Å²) in [5, 5.41) is 3.71. The summed E-state index contributed by atoms with van der Waals surface area (Å²) in [5.74, 6) is 1.36. The predicted molar refractivity (Wildman–Crippen MR) is 145 cm³/mol. The highest BCUT2D eigenvalue weighted by molar-refractivity contribution is 7.89. The van der Waals surface area contributed by atoms with E-state index in [4.69, 9.17) is 4.42 Å². The molecule has 3 rings (SSSR count). The molecule has 0 amide bonds. The van der Waals surface area contributed by atoms with Gasteiger partial charge in [0.25, 0.3) is 0 Å². The van der Waals surface area contributed by atoms with Crippen molar-refractivity contribution in [2.75, 3.05) is 19.6 Å². The summed E-state index contributed by atoms with van der Waals surface area (Å²) < 4.78 is 35.6. The van der Waals surface area contributed by atoms with E-state index in [9.17, 15) is 8.42 Å². The van der Waals surface area contributed by atoms with Crippen molar-refractivity contribution in [1.82, 2.24) is 14.2 Å². The smallest absolute Gasteiger partial charge is 0.243 e. The zero-order valence-corrected chi connectivity index (χ0v) is 23.8. The monoisotopic (exact) mass is 519 g/mol. The van der Waals surface area contributed by atoms with Crippen molar-refractivity contribution in [2.24, 2.45) is 17.8 Å². The average Bonchev–Trinajstić information content (AvgIpc) is 3.38. The minimum absolute atomic E-state index is 0.167. The van der Waals surface area contributed by atoms with Crippen molar-refractivity contribution in [2.45, 2.75) is 72.4 Å². The summed E-state index contributed by atoms with van der Waals surface area (Å²) >= 11 is 1.56. The van der Waals surface area contributed by atoms with Gasteiger partial charge in [0.05, 0.1) is 28.4 Å². The van der Waals surface area contributed by atoms with Crippen LogP contribution in [0.2, 0.25) is 0 Å². The molecule has 1 atom stereocenters. The Hall–Kier alpha value is -1.74. The molecule has 0 saturated carbocycles. The van der Waals surface area contributed by atoms with E-state index >= 15 is 0 Å². The molecular weight excluding hydrogens is 478 g/mol. The Morgan fingerprint density at radius 1 is 0.971 bits per heavy atom. The van der Waals surface area contributed by atoms with Crippen LogP contribution in [0.15, 0.2) is 45.2 Å². The summed E-state index contributed by atoms with van der Waals surface area (Å²) in [6.07, 6.45) is 2.37. The second-order valence-corrected chi connectivity index (χ2v) is 13.8. The lowest BCUT2D eigenvalue weighted by molar-refractivity contribution is 0.152. The topological polar surface area (TPSA) is 66.7 Å². The summed E-state index contributed by atoms with van der Waals surface area (Å²) in [6.45, 7) is 18.0. The van der Waals surface area contributed by atoms with Gasteiger partial charge in [-0.2, -0.15) is 4.31 Å². The van der Waals surface area contributed by atoms with Crippen LogP contribution in [-0.2, 0) is 16.6 Å². The number of benzene rings is 1. The van der Waals surface area contributed by atoms with Gasteiger partial charge in [-0.05, 0) is 55.4 Å². The van der Waals surface area contributed by atoms with E-state index in [1.54, 1.807) is 46.2 Å². The Morgan fingerprint density at radius 2 is 1.66 bits per heavy atom. The largest absolute Gasteiger partial charge is 0.464 e. The van der Waals surface area contributed by atoms with Crippen LogP contribution in [0, 0.1) is 24.7 Å². The first-order chi connectivity index (χ1) is 16.5. The SMILES string of the molecule is Cc1nc(CN([C@@H](CC(C)C)CN(CC(C)C)CC(C)C)S(=O)(=O)c2ccc3occc3c2)cs1. The Bertz CT molecular complexity index is 1170. The van der Waals surface area contributed by atoms with Crippen LogP contribution in [-0.4, -0.2) is 48.3 Å². The zero-order valence-electron chi connectivity index (χ0n) is 22.2. The van der Waals surface area contributed by atoms with Gasteiger partial charge in [-0.15, -0.1) is 11.3 Å². The van der Waals surface area contributed by atoms with E-state index in [1.165, 1.54) is 0 Å². The molecule has 2 aromatic heterocycles. The molecule has 194 valence electrons. The van der Waals surface area contributed by atoms with E-state index in [-0.39, 0.29) is 12.6 Å². The van der Waals surface area contributed by atoms with Gasteiger partial charge < -0.3 is 9.32 Å². The molecule has 0 fully saturated rings. The van der Waals surface area contributed by atoms with E-state index in [0.29, 0.717) is 34.8 Å². The van der Waals surface area contributed by atoms with Gasteiger partial charge in [0, 0.05) is 36.4 Å². The van der Waals surface area contributed by atoms with Crippen molar-refractivity contribution in [3.05, 3.63) is 46.6 Å². The first-order valence-electron chi connectivity index (χ1n) is 12.6. The Balaban J connectivity index is 2.05. The van der Waals surface area contributed by atoms with E-state index < -0.39 is 10.0 Å². The molecule has 0 unspecified atom stereocenters. The molecule has 2 heterocycles. The summed E-state index contributed by atoms with van der Waals surface area (Å²) in [7, 11) is -3.78. The van der Waals surface area contributed by atoms with Gasteiger partial charge >= 0.3 is 0 Å². The van der Waals surface area contributed by atoms with Crippen molar-refractivity contribution < 1.29 is 12.8 Å². The lowest BCUT2D eigenvalue weighted by Gasteiger charge is -2.37. The highest BCUT2D eigenvalue weighted by Crippen LogP contribution is 2.28. The zero-order chi connectivity index (χ0) is 25.8. The lowest BCUT2D eigenvalue weighted by Crippen LogP contribution is -2.48. The molecule has 0 bridgehead atoms. The van der Waals surface area contributed by atoms with Crippen molar-refractivity contribution in [1.29, 1.82) is 0 Å². The van der Waals surface area contributed by atoms with Crippen LogP contribution in [0.5, 0.6) is 0 Å². The van der Waals surface area contributed by atoms with Crippen LogP contribution >= 0.6 is 11.3 Å². The van der Waals surface area contributed by atoms with Gasteiger partial charge in [0.15, 0.2) is 0 Å². The summed E-state index contributed by atoms with van der Waals surface area (Å²) in [5.41, 5.74) is 1.48.